The van der Waals surface area contributed by atoms with Crippen LogP contribution in [0.15, 0.2) is 48.5 Å². The molecular weight excluding hydrogens is 380 g/mol. The summed E-state index contributed by atoms with van der Waals surface area (Å²) in [5, 5.41) is 14.5. The number of benzene rings is 2. The quantitative estimate of drug-likeness (QED) is 0.623. The molecule has 2 aromatic rings. The van der Waals surface area contributed by atoms with Crippen LogP contribution in [0, 0.1) is 11.3 Å². The van der Waals surface area contributed by atoms with Gasteiger partial charge in [-0.3, -0.25) is 4.90 Å². The van der Waals surface area contributed by atoms with Gasteiger partial charge in [-0.2, -0.15) is 5.26 Å². The van der Waals surface area contributed by atoms with E-state index in [4.69, 9.17) is 14.7 Å². The maximum Gasteiger partial charge on any atom is 0.319 e. The molecule has 1 saturated heterocycles. The van der Waals surface area contributed by atoms with Crippen LogP contribution < -0.4 is 15.4 Å². The fourth-order valence-corrected chi connectivity index (χ4v) is 3.20. The highest BCUT2D eigenvalue weighted by atomic mass is 16.5. The van der Waals surface area contributed by atoms with E-state index in [0.29, 0.717) is 19.6 Å². The summed E-state index contributed by atoms with van der Waals surface area (Å²) in [5.74, 6) is 0.744. The van der Waals surface area contributed by atoms with Crippen molar-refractivity contribution in [3.63, 3.8) is 0 Å². The van der Waals surface area contributed by atoms with Crippen LogP contribution in [-0.4, -0.2) is 50.3 Å². The molecule has 0 saturated carbocycles. The lowest BCUT2D eigenvalue weighted by Gasteiger charge is -2.26. The lowest BCUT2D eigenvalue weighted by atomic mass is 10.1. The fourth-order valence-electron chi connectivity index (χ4n) is 3.20. The summed E-state index contributed by atoms with van der Waals surface area (Å²) in [4.78, 5) is 14.5. The molecule has 1 aliphatic rings. The average Bonchev–Trinajstić information content (AvgIpc) is 2.77. The Morgan fingerprint density at radius 2 is 1.93 bits per heavy atom. The van der Waals surface area contributed by atoms with Crippen molar-refractivity contribution in [3.05, 3.63) is 59.7 Å². The second kappa shape index (κ2) is 11.8. The van der Waals surface area contributed by atoms with Crippen LogP contribution in [0.2, 0.25) is 0 Å². The van der Waals surface area contributed by atoms with Crippen LogP contribution in [0.25, 0.3) is 0 Å². The minimum Gasteiger partial charge on any atom is -0.489 e. The normalized spacial score (nSPS) is 14.0. The lowest BCUT2D eigenvalue weighted by molar-refractivity contribution is 0.0375. The van der Waals surface area contributed by atoms with Gasteiger partial charge >= 0.3 is 6.03 Å². The number of morpholine rings is 1. The number of carbonyl (C=O) groups excluding carboxylic acids is 1. The van der Waals surface area contributed by atoms with Gasteiger partial charge in [0.25, 0.3) is 0 Å². The molecule has 0 aliphatic carbocycles. The molecule has 2 aromatic carbocycles. The van der Waals surface area contributed by atoms with E-state index in [-0.39, 0.29) is 6.03 Å². The van der Waals surface area contributed by atoms with Crippen LogP contribution in [0.1, 0.15) is 17.5 Å². The Balaban J connectivity index is 1.38. The van der Waals surface area contributed by atoms with Gasteiger partial charge in [-0.1, -0.05) is 24.3 Å². The summed E-state index contributed by atoms with van der Waals surface area (Å²) in [6.07, 6.45) is 1.30. The van der Waals surface area contributed by atoms with Crippen LogP contribution >= 0.6 is 0 Å². The molecule has 0 radical (unpaired) electrons. The molecule has 0 atom stereocenters. The number of ether oxygens (including phenoxy) is 2. The molecular formula is C23H28N4O3. The van der Waals surface area contributed by atoms with Crippen LogP contribution in [0.4, 0.5) is 10.5 Å². The second-order valence-electron chi connectivity index (χ2n) is 7.16. The minimum absolute atomic E-state index is 0.205. The number of nitrogens with zero attached hydrogens (tertiary/aromatic N) is 2. The molecule has 3 rings (SSSR count). The zero-order valence-electron chi connectivity index (χ0n) is 17.1. The van der Waals surface area contributed by atoms with E-state index in [2.05, 4.69) is 21.6 Å². The Morgan fingerprint density at radius 1 is 1.13 bits per heavy atom. The van der Waals surface area contributed by atoms with E-state index in [1.807, 2.05) is 48.5 Å². The van der Waals surface area contributed by atoms with Crippen molar-refractivity contribution in [2.45, 2.75) is 19.4 Å². The van der Waals surface area contributed by atoms with Crippen molar-refractivity contribution in [1.29, 1.82) is 5.26 Å². The first-order valence-corrected chi connectivity index (χ1v) is 10.3. The standard InChI is InChI=1S/C23H28N4O3/c24-10-9-19-5-7-22(8-6-19)30-18-20-3-1-4-21(17-20)26-23(28)25-11-2-12-27-13-15-29-16-14-27/h1,3-8,17H,2,9,11-16,18H2,(H2,25,26,28). The van der Waals surface area contributed by atoms with Crippen molar-refractivity contribution in [2.24, 2.45) is 0 Å². The number of urea groups is 1. The average molecular weight is 409 g/mol. The number of rotatable bonds is 9. The number of carbonyl (C=O) groups is 1. The molecule has 2 amide bonds. The molecule has 1 aliphatic heterocycles. The second-order valence-corrected chi connectivity index (χ2v) is 7.16. The van der Waals surface area contributed by atoms with Crippen LogP contribution in [-0.2, 0) is 17.8 Å². The lowest BCUT2D eigenvalue weighted by Crippen LogP contribution is -2.38. The van der Waals surface area contributed by atoms with E-state index in [0.717, 1.165) is 61.8 Å². The Labute approximate surface area is 177 Å². The van der Waals surface area contributed by atoms with Crippen LogP contribution in [0.5, 0.6) is 5.75 Å². The number of hydrogen-bond donors (Lipinski definition) is 2. The topological polar surface area (TPSA) is 86.6 Å². The Hall–Kier alpha value is -3.08. The molecule has 0 aromatic heterocycles. The van der Waals surface area contributed by atoms with Gasteiger partial charge in [-0.05, 0) is 48.4 Å². The Bertz CT molecular complexity index is 842. The van der Waals surface area contributed by atoms with Gasteiger partial charge in [-0.25, -0.2) is 4.79 Å². The zero-order chi connectivity index (χ0) is 21.0. The van der Waals surface area contributed by atoms with Gasteiger partial charge in [0.15, 0.2) is 0 Å². The molecule has 0 unspecified atom stereocenters. The molecule has 1 heterocycles. The maximum atomic E-state index is 12.1. The monoisotopic (exact) mass is 408 g/mol. The number of anilines is 1. The van der Waals surface area contributed by atoms with Crippen molar-refractivity contribution in [2.75, 3.05) is 44.7 Å². The third-order valence-electron chi connectivity index (χ3n) is 4.84. The highest BCUT2D eigenvalue weighted by Gasteiger charge is 2.09. The van der Waals surface area contributed by atoms with Gasteiger partial charge in [0.1, 0.15) is 12.4 Å². The summed E-state index contributed by atoms with van der Waals surface area (Å²) in [6.45, 7) is 5.51. The summed E-state index contributed by atoms with van der Waals surface area (Å²) < 4.78 is 11.1. The highest BCUT2D eigenvalue weighted by Crippen LogP contribution is 2.16. The van der Waals surface area contributed by atoms with Gasteiger partial charge < -0.3 is 20.1 Å². The van der Waals surface area contributed by atoms with Gasteiger partial charge in [0, 0.05) is 25.3 Å². The molecule has 1 fully saturated rings. The summed E-state index contributed by atoms with van der Waals surface area (Å²) in [6, 6.07) is 17.0. The Kier molecular flexibility index (Phi) is 8.51. The number of nitriles is 1. The molecule has 158 valence electrons. The molecule has 0 bridgehead atoms. The third kappa shape index (κ3) is 7.39. The first-order valence-electron chi connectivity index (χ1n) is 10.3. The van der Waals surface area contributed by atoms with Crippen LogP contribution in [0.3, 0.4) is 0 Å². The molecule has 7 nitrogen and oxygen atoms in total. The van der Waals surface area contributed by atoms with E-state index < -0.39 is 0 Å². The first-order chi connectivity index (χ1) is 14.7. The van der Waals surface area contributed by atoms with Gasteiger partial charge in [0.2, 0.25) is 0 Å². The van der Waals surface area contributed by atoms with Crippen molar-refractivity contribution in [1.82, 2.24) is 10.2 Å². The predicted molar refractivity (Wildman–Crippen MR) is 115 cm³/mol. The summed E-state index contributed by atoms with van der Waals surface area (Å²) >= 11 is 0. The van der Waals surface area contributed by atoms with Crippen molar-refractivity contribution < 1.29 is 14.3 Å². The maximum absolute atomic E-state index is 12.1. The smallest absolute Gasteiger partial charge is 0.319 e. The van der Waals surface area contributed by atoms with Gasteiger partial charge in [-0.15, -0.1) is 0 Å². The van der Waals surface area contributed by atoms with Crippen molar-refractivity contribution >= 4 is 11.7 Å². The third-order valence-corrected chi connectivity index (χ3v) is 4.84. The molecule has 30 heavy (non-hydrogen) atoms. The highest BCUT2D eigenvalue weighted by molar-refractivity contribution is 5.89. The number of hydrogen-bond acceptors (Lipinski definition) is 5. The summed E-state index contributed by atoms with van der Waals surface area (Å²) in [5.41, 5.74) is 2.65. The van der Waals surface area contributed by atoms with E-state index in [1.165, 1.54) is 0 Å². The van der Waals surface area contributed by atoms with E-state index in [1.54, 1.807) is 0 Å². The zero-order valence-corrected chi connectivity index (χ0v) is 17.1. The molecule has 0 spiro atoms. The predicted octanol–water partition coefficient (Wildman–Crippen LogP) is 3.18. The SMILES string of the molecule is N#CCc1ccc(OCc2cccc(NC(=O)NCCCN3CCOCC3)c2)cc1. The summed E-state index contributed by atoms with van der Waals surface area (Å²) in [7, 11) is 0. The largest absolute Gasteiger partial charge is 0.489 e. The first kappa shape index (κ1) is 21.6. The Morgan fingerprint density at radius 3 is 2.70 bits per heavy atom. The van der Waals surface area contributed by atoms with E-state index >= 15 is 0 Å². The van der Waals surface area contributed by atoms with Gasteiger partial charge in [0.05, 0.1) is 25.7 Å². The molecule has 7 heteroatoms. The van der Waals surface area contributed by atoms with Crippen molar-refractivity contribution in [3.8, 4) is 11.8 Å². The number of nitrogens with one attached hydrogen (secondary N) is 2. The minimum atomic E-state index is -0.205. The fraction of sp³-hybridized carbons (Fsp3) is 0.391. The number of amides is 2. The molecule has 2 N–H and O–H groups in total. The van der Waals surface area contributed by atoms with E-state index in [9.17, 15) is 4.79 Å².